The zero-order valence-corrected chi connectivity index (χ0v) is 14.6. The maximum atomic E-state index is 3.99. The van der Waals surface area contributed by atoms with Gasteiger partial charge < -0.3 is 5.32 Å². The molecule has 1 N–H and O–H groups in total. The molecule has 0 bridgehead atoms. The molecule has 2 nitrogen and oxygen atoms in total. The molecule has 3 rings (SSSR count). The Bertz CT molecular complexity index is 547. The van der Waals surface area contributed by atoms with Gasteiger partial charge in [-0.25, -0.2) is 0 Å². The van der Waals surface area contributed by atoms with E-state index in [1.165, 1.54) is 36.2 Å². The molecule has 0 radical (unpaired) electrons. The first-order valence-electron chi connectivity index (χ1n) is 8.26. The minimum Gasteiger partial charge on any atom is -0.374 e. The van der Waals surface area contributed by atoms with Gasteiger partial charge in [-0.2, -0.15) is 0 Å². The van der Waals surface area contributed by atoms with Crippen molar-refractivity contribution in [3.63, 3.8) is 0 Å². The first-order valence-corrected chi connectivity index (χ1v) is 8.26. The number of nitrogens with zero attached hydrogens (tertiary/aromatic N) is 1. The van der Waals surface area contributed by atoms with Crippen molar-refractivity contribution in [2.45, 2.75) is 66.2 Å². The van der Waals surface area contributed by atoms with Crippen molar-refractivity contribution in [1.82, 2.24) is 5.32 Å². The van der Waals surface area contributed by atoms with Crippen LogP contribution in [0, 0.1) is 27.7 Å². The topological polar surface area (TPSA) is 24.4 Å². The Balaban J connectivity index is 0.000000194. The molecule has 1 unspecified atom stereocenters. The van der Waals surface area contributed by atoms with Crippen molar-refractivity contribution in [2.75, 3.05) is 13.6 Å². The van der Waals surface area contributed by atoms with Crippen molar-refractivity contribution < 1.29 is 0 Å². The van der Waals surface area contributed by atoms with Crippen molar-refractivity contribution in [3.05, 3.63) is 33.4 Å². The summed E-state index contributed by atoms with van der Waals surface area (Å²) < 4.78 is 0. The number of amidine groups is 1. The Morgan fingerprint density at radius 3 is 2.14 bits per heavy atom. The molecule has 1 heterocycles. The molecule has 21 heavy (non-hydrogen) atoms. The summed E-state index contributed by atoms with van der Waals surface area (Å²) in [6.07, 6.45) is 5.05. The number of fused-ring (bicyclic) bond motifs is 1. The van der Waals surface area contributed by atoms with E-state index in [2.05, 4.69) is 44.9 Å². The Labute approximate surface area is 130 Å². The van der Waals surface area contributed by atoms with Gasteiger partial charge in [0.1, 0.15) is 0 Å². The largest absolute Gasteiger partial charge is 0.374 e. The fourth-order valence-corrected chi connectivity index (χ4v) is 3.68. The fraction of sp³-hybridized carbons (Fsp3) is 0.632. The smallest absolute Gasteiger partial charge is 0.0960 e. The molecule has 0 aromatic heterocycles. The third kappa shape index (κ3) is 3.14. The fourth-order valence-electron chi connectivity index (χ4n) is 3.68. The van der Waals surface area contributed by atoms with Crippen molar-refractivity contribution in [3.8, 4) is 0 Å². The average Bonchev–Trinajstić information content (AvgIpc) is 3.13. The molecule has 1 saturated heterocycles. The molecule has 116 valence electrons. The Kier molecular flexibility index (Phi) is 5.08. The maximum Gasteiger partial charge on any atom is 0.0960 e. The van der Waals surface area contributed by atoms with E-state index in [0.29, 0.717) is 0 Å². The van der Waals surface area contributed by atoms with Crippen LogP contribution in [0.4, 0.5) is 0 Å². The molecule has 1 aliphatic carbocycles. The van der Waals surface area contributed by atoms with Crippen LogP contribution in [0.5, 0.6) is 0 Å². The number of nitrogens with one attached hydrogen (secondary N) is 1. The van der Waals surface area contributed by atoms with Crippen LogP contribution < -0.4 is 5.32 Å². The molecule has 0 saturated carbocycles. The van der Waals surface area contributed by atoms with Gasteiger partial charge in [-0.05, 0) is 86.3 Å². The predicted molar refractivity (Wildman–Crippen MR) is 92.7 cm³/mol. The van der Waals surface area contributed by atoms with Crippen LogP contribution in [0.2, 0.25) is 0 Å². The number of hydrogen-bond donors (Lipinski definition) is 1. The number of hydrogen-bond acceptors (Lipinski definition) is 1. The summed E-state index contributed by atoms with van der Waals surface area (Å²) in [4.78, 5) is 3.99. The zero-order chi connectivity index (χ0) is 15.6. The molecule has 1 aromatic rings. The second-order valence-electron chi connectivity index (χ2n) is 6.53. The van der Waals surface area contributed by atoms with Crippen molar-refractivity contribution in [1.29, 1.82) is 0 Å². The van der Waals surface area contributed by atoms with E-state index in [1.54, 1.807) is 22.3 Å². The monoisotopic (exact) mass is 286 g/mol. The number of benzene rings is 1. The predicted octanol–water partition coefficient (Wildman–Crippen LogP) is 4.37. The zero-order valence-electron chi connectivity index (χ0n) is 14.6. The van der Waals surface area contributed by atoms with Gasteiger partial charge in [0.2, 0.25) is 0 Å². The van der Waals surface area contributed by atoms with Gasteiger partial charge in [0.05, 0.1) is 5.84 Å². The SMILES string of the molecule is CN=C1CCCN1.Cc1c(C)c(C)c2c(c1C)CCC2C. The summed E-state index contributed by atoms with van der Waals surface area (Å²) in [5.74, 6) is 1.95. The molecule has 1 atom stereocenters. The summed E-state index contributed by atoms with van der Waals surface area (Å²) in [5, 5.41) is 3.16. The van der Waals surface area contributed by atoms with Crippen LogP contribution in [0.25, 0.3) is 0 Å². The standard InChI is InChI=1S/C14H20.C5H10N2/c1-8-6-7-13-11(4)9(2)10(3)12(5)14(8)13;1-6-5-3-2-4-7-5/h8H,6-7H2,1-5H3;2-4H2,1H3,(H,6,7). The van der Waals surface area contributed by atoms with E-state index >= 15 is 0 Å². The van der Waals surface area contributed by atoms with Gasteiger partial charge >= 0.3 is 0 Å². The summed E-state index contributed by atoms with van der Waals surface area (Å²) in [7, 11) is 1.83. The van der Waals surface area contributed by atoms with Gasteiger partial charge in [-0.1, -0.05) is 6.92 Å². The second kappa shape index (κ2) is 6.64. The van der Waals surface area contributed by atoms with Crippen LogP contribution in [0.3, 0.4) is 0 Å². The molecule has 1 fully saturated rings. The first kappa shape index (κ1) is 16.1. The van der Waals surface area contributed by atoms with E-state index < -0.39 is 0 Å². The maximum absolute atomic E-state index is 3.99. The van der Waals surface area contributed by atoms with Gasteiger partial charge in [-0.15, -0.1) is 0 Å². The summed E-state index contributed by atoms with van der Waals surface area (Å²) in [6, 6.07) is 0. The summed E-state index contributed by atoms with van der Waals surface area (Å²) >= 11 is 0. The van der Waals surface area contributed by atoms with E-state index in [-0.39, 0.29) is 0 Å². The van der Waals surface area contributed by atoms with Gasteiger partial charge in [0.25, 0.3) is 0 Å². The van der Waals surface area contributed by atoms with Crippen LogP contribution >= 0.6 is 0 Å². The van der Waals surface area contributed by atoms with Gasteiger partial charge in [-0.3, -0.25) is 4.99 Å². The summed E-state index contributed by atoms with van der Waals surface area (Å²) in [6.45, 7) is 12.6. The van der Waals surface area contributed by atoms with E-state index in [4.69, 9.17) is 0 Å². The molecule has 1 aliphatic heterocycles. The number of aliphatic imine (C=N–C) groups is 1. The first-order chi connectivity index (χ1) is 9.97. The minimum atomic E-state index is 0.781. The highest BCUT2D eigenvalue weighted by Gasteiger charge is 2.24. The molecule has 1 aromatic carbocycles. The van der Waals surface area contributed by atoms with Crippen LogP contribution in [-0.2, 0) is 6.42 Å². The molecular formula is C19H30N2. The average molecular weight is 286 g/mol. The molecule has 2 heteroatoms. The lowest BCUT2D eigenvalue weighted by atomic mass is 9.88. The highest BCUT2D eigenvalue weighted by Crippen LogP contribution is 2.39. The van der Waals surface area contributed by atoms with Crippen LogP contribution in [0.15, 0.2) is 4.99 Å². The van der Waals surface area contributed by atoms with Crippen LogP contribution in [0.1, 0.15) is 65.5 Å². The molecule has 0 amide bonds. The van der Waals surface area contributed by atoms with Gasteiger partial charge in [0.15, 0.2) is 0 Å². The highest BCUT2D eigenvalue weighted by atomic mass is 15.0. The summed E-state index contributed by atoms with van der Waals surface area (Å²) in [5.41, 5.74) is 9.43. The lowest BCUT2D eigenvalue weighted by Crippen LogP contribution is -2.13. The highest BCUT2D eigenvalue weighted by molar-refractivity contribution is 5.83. The molecule has 2 aliphatic rings. The minimum absolute atomic E-state index is 0.781. The number of rotatable bonds is 0. The second-order valence-corrected chi connectivity index (χ2v) is 6.53. The Morgan fingerprint density at radius 1 is 0.952 bits per heavy atom. The van der Waals surface area contributed by atoms with Crippen LogP contribution in [-0.4, -0.2) is 19.4 Å². The lowest BCUT2D eigenvalue weighted by molar-refractivity contribution is 0.743. The van der Waals surface area contributed by atoms with Crippen molar-refractivity contribution in [2.24, 2.45) is 4.99 Å². The van der Waals surface area contributed by atoms with E-state index in [9.17, 15) is 0 Å². The Hall–Kier alpha value is -1.31. The lowest BCUT2D eigenvalue weighted by Gasteiger charge is -2.17. The normalized spacial score (nSPS) is 21.8. The van der Waals surface area contributed by atoms with Gasteiger partial charge in [0, 0.05) is 20.0 Å². The van der Waals surface area contributed by atoms with E-state index in [1.807, 2.05) is 7.05 Å². The quantitative estimate of drug-likeness (QED) is 0.752. The van der Waals surface area contributed by atoms with Crippen molar-refractivity contribution >= 4 is 5.84 Å². The van der Waals surface area contributed by atoms with E-state index in [0.717, 1.165) is 18.9 Å². The molecule has 0 spiro atoms. The molecular weight excluding hydrogens is 256 g/mol. The third-order valence-corrected chi connectivity index (χ3v) is 5.38. The third-order valence-electron chi connectivity index (χ3n) is 5.38. The Morgan fingerprint density at radius 2 is 1.62 bits per heavy atom.